The predicted octanol–water partition coefficient (Wildman–Crippen LogP) is 5.11. The van der Waals surface area contributed by atoms with E-state index in [0.29, 0.717) is 10.8 Å². The van der Waals surface area contributed by atoms with Crippen LogP contribution in [0.3, 0.4) is 0 Å². The summed E-state index contributed by atoms with van der Waals surface area (Å²) in [6, 6.07) is 12.5. The molecule has 0 saturated heterocycles. The Kier molecular flexibility index (Phi) is 5.36. The summed E-state index contributed by atoms with van der Waals surface area (Å²) in [4.78, 5) is 0. The fourth-order valence-corrected chi connectivity index (χ4v) is 2.72. The van der Waals surface area contributed by atoms with Gasteiger partial charge in [-0.25, -0.2) is 4.39 Å². The number of nitrogens with one attached hydrogen (secondary N) is 1. The topological polar surface area (TPSA) is 54.5 Å². The van der Waals surface area contributed by atoms with Gasteiger partial charge in [0.25, 0.3) is 0 Å². The van der Waals surface area contributed by atoms with Crippen molar-refractivity contribution >= 4 is 35.4 Å². The number of halogens is 2. The Bertz CT molecular complexity index is 900. The maximum atomic E-state index is 13.2. The number of hydrogen-bond donors (Lipinski definition) is 1. The number of rotatable bonds is 5. The van der Waals surface area contributed by atoms with Crippen LogP contribution >= 0.6 is 11.6 Å². The molecule has 0 fully saturated rings. The monoisotopic (exact) mass is 354 g/mol. The quantitative estimate of drug-likeness (QED) is 0.647. The summed E-state index contributed by atoms with van der Waals surface area (Å²) < 4.78 is 13.2. The SMILES string of the molecule is CC/C(=C\c1ccc(/C=C/c2nn[nH]n2)cc1)c1ccc(F)cc1Cl. The summed E-state index contributed by atoms with van der Waals surface area (Å²) in [5.74, 6) is 0.199. The van der Waals surface area contributed by atoms with Gasteiger partial charge in [-0.1, -0.05) is 61.0 Å². The molecule has 1 N–H and O–H groups in total. The highest BCUT2D eigenvalue weighted by atomic mass is 35.5. The van der Waals surface area contributed by atoms with Crippen LogP contribution in [0.4, 0.5) is 4.39 Å². The van der Waals surface area contributed by atoms with E-state index < -0.39 is 0 Å². The molecule has 0 bridgehead atoms. The van der Waals surface area contributed by atoms with Crippen molar-refractivity contribution in [3.05, 3.63) is 75.8 Å². The van der Waals surface area contributed by atoms with Crippen LogP contribution in [0, 0.1) is 5.82 Å². The lowest BCUT2D eigenvalue weighted by atomic mass is 10.00. The zero-order valence-corrected chi connectivity index (χ0v) is 14.3. The van der Waals surface area contributed by atoms with E-state index in [-0.39, 0.29) is 5.82 Å². The van der Waals surface area contributed by atoms with Crippen LogP contribution < -0.4 is 0 Å². The summed E-state index contributed by atoms with van der Waals surface area (Å²) in [6.07, 6.45) is 6.55. The van der Waals surface area contributed by atoms with Gasteiger partial charge >= 0.3 is 0 Å². The number of aromatic amines is 1. The first-order chi connectivity index (χ1) is 12.2. The van der Waals surface area contributed by atoms with Crippen molar-refractivity contribution in [1.29, 1.82) is 0 Å². The number of benzene rings is 2. The summed E-state index contributed by atoms with van der Waals surface area (Å²) in [5, 5.41) is 14.1. The molecule has 3 aromatic rings. The summed E-state index contributed by atoms with van der Waals surface area (Å²) in [6.45, 7) is 2.05. The second-order valence-electron chi connectivity index (χ2n) is 5.42. The molecule has 0 aliphatic heterocycles. The fourth-order valence-electron chi connectivity index (χ4n) is 2.44. The first kappa shape index (κ1) is 17.0. The van der Waals surface area contributed by atoms with Gasteiger partial charge in [-0.15, -0.1) is 10.2 Å². The lowest BCUT2D eigenvalue weighted by molar-refractivity contribution is 0.628. The zero-order chi connectivity index (χ0) is 17.6. The van der Waals surface area contributed by atoms with E-state index >= 15 is 0 Å². The van der Waals surface area contributed by atoms with Crippen molar-refractivity contribution in [1.82, 2.24) is 20.6 Å². The van der Waals surface area contributed by atoms with Gasteiger partial charge in [-0.2, -0.15) is 5.21 Å². The maximum Gasteiger partial charge on any atom is 0.197 e. The first-order valence-electron chi connectivity index (χ1n) is 7.83. The second-order valence-corrected chi connectivity index (χ2v) is 5.82. The number of tetrazole rings is 1. The highest BCUT2D eigenvalue weighted by molar-refractivity contribution is 6.32. The maximum absolute atomic E-state index is 13.2. The van der Waals surface area contributed by atoms with E-state index in [2.05, 4.69) is 26.7 Å². The second kappa shape index (κ2) is 7.85. The average molecular weight is 355 g/mol. The summed E-state index contributed by atoms with van der Waals surface area (Å²) in [5.41, 5.74) is 3.99. The lowest BCUT2D eigenvalue weighted by Crippen LogP contribution is -1.87. The summed E-state index contributed by atoms with van der Waals surface area (Å²) in [7, 11) is 0. The fraction of sp³-hybridized carbons (Fsp3) is 0.105. The molecule has 0 unspecified atom stereocenters. The molecule has 126 valence electrons. The lowest BCUT2D eigenvalue weighted by Gasteiger charge is -2.08. The molecule has 0 atom stereocenters. The Hall–Kier alpha value is -2.79. The van der Waals surface area contributed by atoms with Crippen LogP contribution in [0.1, 0.15) is 35.9 Å². The minimum atomic E-state index is -0.332. The molecule has 0 spiro atoms. The van der Waals surface area contributed by atoms with Crippen molar-refractivity contribution in [3.8, 4) is 0 Å². The van der Waals surface area contributed by atoms with Crippen molar-refractivity contribution < 1.29 is 4.39 Å². The van der Waals surface area contributed by atoms with Crippen molar-refractivity contribution in [2.45, 2.75) is 13.3 Å². The summed E-state index contributed by atoms with van der Waals surface area (Å²) >= 11 is 6.18. The number of H-pyrrole nitrogens is 1. The largest absolute Gasteiger partial charge is 0.207 e. The Balaban J connectivity index is 1.81. The minimum Gasteiger partial charge on any atom is -0.207 e. The van der Waals surface area contributed by atoms with Crippen LogP contribution in [-0.4, -0.2) is 20.6 Å². The van der Waals surface area contributed by atoms with Crippen LogP contribution in [0.25, 0.3) is 23.8 Å². The van der Waals surface area contributed by atoms with Gasteiger partial charge in [-0.05, 0) is 52.1 Å². The van der Waals surface area contributed by atoms with E-state index in [1.165, 1.54) is 12.1 Å². The Morgan fingerprint density at radius 3 is 2.52 bits per heavy atom. The van der Waals surface area contributed by atoms with E-state index in [0.717, 1.165) is 28.7 Å². The van der Waals surface area contributed by atoms with Gasteiger partial charge in [0.2, 0.25) is 0 Å². The molecule has 1 heterocycles. The minimum absolute atomic E-state index is 0.332. The van der Waals surface area contributed by atoms with Crippen LogP contribution in [0.5, 0.6) is 0 Å². The molecular weight excluding hydrogens is 339 g/mol. The average Bonchev–Trinajstić information content (AvgIpc) is 3.13. The van der Waals surface area contributed by atoms with Gasteiger partial charge in [-0.3, -0.25) is 0 Å². The highest BCUT2D eigenvalue weighted by Crippen LogP contribution is 2.28. The normalized spacial score (nSPS) is 12.0. The molecule has 4 nitrogen and oxygen atoms in total. The number of hydrogen-bond acceptors (Lipinski definition) is 3. The smallest absolute Gasteiger partial charge is 0.197 e. The van der Waals surface area contributed by atoms with Gasteiger partial charge in [0.15, 0.2) is 5.82 Å². The Morgan fingerprint density at radius 1 is 1.12 bits per heavy atom. The van der Waals surface area contributed by atoms with Crippen LogP contribution in [0.2, 0.25) is 5.02 Å². The molecule has 25 heavy (non-hydrogen) atoms. The molecule has 0 aliphatic carbocycles. The van der Waals surface area contributed by atoms with E-state index in [9.17, 15) is 4.39 Å². The third-order valence-corrected chi connectivity index (χ3v) is 4.03. The number of nitrogens with zero attached hydrogens (tertiary/aromatic N) is 3. The molecule has 0 aliphatic rings. The van der Waals surface area contributed by atoms with Gasteiger partial charge in [0.1, 0.15) is 5.82 Å². The Morgan fingerprint density at radius 2 is 1.88 bits per heavy atom. The third kappa shape index (κ3) is 4.39. The van der Waals surface area contributed by atoms with E-state index in [1.54, 1.807) is 12.1 Å². The standard InChI is InChI=1S/C19H16ClFN4/c1-2-15(17-9-8-16(21)12-18(17)20)11-14-5-3-13(4-6-14)7-10-19-22-24-25-23-19/h3-12H,2H2,1H3,(H,22,23,24,25)/b10-7+,15-11+. The van der Waals surface area contributed by atoms with Gasteiger partial charge in [0.05, 0.1) is 5.02 Å². The molecular formula is C19H16ClFN4. The zero-order valence-electron chi connectivity index (χ0n) is 13.6. The molecule has 2 aromatic carbocycles. The third-order valence-electron chi connectivity index (χ3n) is 3.72. The first-order valence-corrected chi connectivity index (χ1v) is 8.21. The predicted molar refractivity (Wildman–Crippen MR) is 99.1 cm³/mol. The van der Waals surface area contributed by atoms with Crippen LogP contribution in [0.15, 0.2) is 42.5 Å². The van der Waals surface area contributed by atoms with Gasteiger partial charge in [0, 0.05) is 0 Å². The Labute approximate surface area is 150 Å². The van der Waals surface area contributed by atoms with E-state index in [4.69, 9.17) is 11.6 Å². The van der Waals surface area contributed by atoms with Crippen molar-refractivity contribution in [3.63, 3.8) is 0 Å². The molecule has 0 amide bonds. The van der Waals surface area contributed by atoms with Crippen molar-refractivity contribution in [2.75, 3.05) is 0 Å². The molecule has 1 aromatic heterocycles. The molecule has 0 saturated carbocycles. The van der Waals surface area contributed by atoms with Gasteiger partial charge < -0.3 is 0 Å². The molecule has 0 radical (unpaired) electrons. The van der Waals surface area contributed by atoms with Crippen LogP contribution in [-0.2, 0) is 0 Å². The number of allylic oxidation sites excluding steroid dienone is 1. The molecule has 3 rings (SSSR count). The highest BCUT2D eigenvalue weighted by Gasteiger charge is 2.06. The molecule has 6 heteroatoms. The van der Waals surface area contributed by atoms with E-state index in [1.807, 2.05) is 37.3 Å². The number of aromatic nitrogens is 4. The van der Waals surface area contributed by atoms with Crippen molar-refractivity contribution in [2.24, 2.45) is 0 Å².